The number of carbonyl (C=O) groups is 1. The second-order valence-electron chi connectivity index (χ2n) is 6.00. The highest BCUT2D eigenvalue weighted by atomic mass is 19.1. The molecule has 3 aromatic rings. The standard InChI is InChI=1S/C19H15F2N3O4/c1-11-15(3-2-4-16(11)24(26)27)23-18(25)7-8-19-22-10-17(28-19)13-6-5-12(20)9-14(13)21/h2-6,9-10H,7-8H2,1H3,(H,23,25). The SMILES string of the molecule is Cc1c(NC(=O)CCc2ncc(-c3ccc(F)cc3F)o2)cccc1[N+](=O)[O-]. The van der Waals surface area contributed by atoms with Crippen molar-refractivity contribution >= 4 is 17.3 Å². The zero-order valence-electron chi connectivity index (χ0n) is 14.7. The third-order valence-corrected chi connectivity index (χ3v) is 4.09. The number of nitrogens with one attached hydrogen (secondary N) is 1. The number of aryl methyl sites for hydroxylation is 1. The van der Waals surface area contributed by atoms with Crippen molar-refractivity contribution in [2.75, 3.05) is 5.32 Å². The lowest BCUT2D eigenvalue weighted by atomic mass is 10.1. The average Bonchev–Trinajstić information content (AvgIpc) is 3.10. The van der Waals surface area contributed by atoms with Gasteiger partial charge < -0.3 is 9.73 Å². The molecule has 7 nitrogen and oxygen atoms in total. The van der Waals surface area contributed by atoms with Crippen LogP contribution in [-0.4, -0.2) is 15.8 Å². The third kappa shape index (κ3) is 4.20. The summed E-state index contributed by atoms with van der Waals surface area (Å²) in [7, 11) is 0. The molecule has 0 aliphatic carbocycles. The largest absolute Gasteiger partial charge is 0.441 e. The van der Waals surface area contributed by atoms with Gasteiger partial charge in [0.25, 0.3) is 5.69 Å². The molecule has 28 heavy (non-hydrogen) atoms. The molecule has 0 aliphatic rings. The number of carbonyl (C=O) groups excluding carboxylic acids is 1. The van der Waals surface area contributed by atoms with E-state index in [1.165, 1.54) is 24.4 Å². The second-order valence-corrected chi connectivity index (χ2v) is 6.00. The molecule has 0 aliphatic heterocycles. The van der Waals surface area contributed by atoms with E-state index in [1.54, 1.807) is 13.0 Å². The summed E-state index contributed by atoms with van der Waals surface area (Å²) in [6.07, 6.45) is 1.45. The van der Waals surface area contributed by atoms with E-state index in [9.17, 15) is 23.7 Å². The summed E-state index contributed by atoms with van der Waals surface area (Å²) in [6.45, 7) is 1.55. The van der Waals surface area contributed by atoms with Gasteiger partial charge in [-0.1, -0.05) is 6.07 Å². The Morgan fingerprint density at radius 2 is 2.07 bits per heavy atom. The predicted molar refractivity (Wildman–Crippen MR) is 96.6 cm³/mol. The summed E-state index contributed by atoms with van der Waals surface area (Å²) in [5.41, 5.74) is 0.681. The zero-order chi connectivity index (χ0) is 20.3. The maximum atomic E-state index is 13.8. The van der Waals surface area contributed by atoms with E-state index in [0.717, 1.165) is 12.1 Å². The summed E-state index contributed by atoms with van der Waals surface area (Å²) in [5, 5.41) is 13.6. The molecule has 0 spiro atoms. The molecule has 2 aromatic carbocycles. The number of hydrogen-bond acceptors (Lipinski definition) is 5. The first-order chi connectivity index (χ1) is 13.3. The first-order valence-electron chi connectivity index (χ1n) is 8.29. The molecule has 0 fully saturated rings. The fraction of sp³-hybridized carbons (Fsp3) is 0.158. The predicted octanol–water partition coefficient (Wildman–Crippen LogP) is 4.41. The molecule has 0 saturated heterocycles. The fourth-order valence-corrected chi connectivity index (χ4v) is 2.63. The molecule has 0 bridgehead atoms. The number of anilines is 1. The molecule has 0 unspecified atom stereocenters. The fourth-order valence-electron chi connectivity index (χ4n) is 2.63. The Bertz CT molecular complexity index is 1050. The Labute approximate surface area is 158 Å². The number of amides is 1. The quantitative estimate of drug-likeness (QED) is 0.499. The van der Waals surface area contributed by atoms with Crippen molar-refractivity contribution in [3.8, 4) is 11.3 Å². The van der Waals surface area contributed by atoms with E-state index in [-0.39, 0.29) is 41.7 Å². The summed E-state index contributed by atoms with van der Waals surface area (Å²) < 4.78 is 32.2. The van der Waals surface area contributed by atoms with Crippen LogP contribution in [0.5, 0.6) is 0 Å². The molecule has 1 amide bonds. The van der Waals surface area contributed by atoms with Crippen molar-refractivity contribution in [1.82, 2.24) is 4.98 Å². The Kier molecular flexibility index (Phi) is 5.44. The highest BCUT2D eigenvalue weighted by Gasteiger charge is 2.16. The lowest BCUT2D eigenvalue weighted by Gasteiger charge is -2.08. The van der Waals surface area contributed by atoms with Crippen LogP contribution in [0.4, 0.5) is 20.2 Å². The zero-order valence-corrected chi connectivity index (χ0v) is 14.7. The summed E-state index contributed by atoms with van der Waals surface area (Å²) in [6, 6.07) is 7.50. The van der Waals surface area contributed by atoms with Crippen LogP contribution < -0.4 is 5.32 Å². The molecule has 1 N–H and O–H groups in total. The van der Waals surface area contributed by atoms with Crippen LogP contribution in [0.1, 0.15) is 17.9 Å². The van der Waals surface area contributed by atoms with Gasteiger partial charge in [0.2, 0.25) is 5.91 Å². The molecule has 0 atom stereocenters. The molecule has 3 rings (SSSR count). The number of benzene rings is 2. The van der Waals surface area contributed by atoms with Gasteiger partial charge in [-0.25, -0.2) is 13.8 Å². The number of aromatic nitrogens is 1. The van der Waals surface area contributed by atoms with Gasteiger partial charge in [-0.3, -0.25) is 14.9 Å². The van der Waals surface area contributed by atoms with Gasteiger partial charge in [-0.05, 0) is 25.1 Å². The lowest BCUT2D eigenvalue weighted by Crippen LogP contribution is -2.13. The Morgan fingerprint density at radius 1 is 1.29 bits per heavy atom. The van der Waals surface area contributed by atoms with Crippen molar-refractivity contribution in [3.05, 3.63) is 75.8 Å². The van der Waals surface area contributed by atoms with Crippen LogP contribution in [0.2, 0.25) is 0 Å². The Hall–Kier alpha value is -3.62. The Balaban J connectivity index is 1.64. The van der Waals surface area contributed by atoms with E-state index in [2.05, 4.69) is 10.3 Å². The molecule has 144 valence electrons. The molecule has 1 aromatic heterocycles. The molecular weight excluding hydrogens is 372 g/mol. The maximum absolute atomic E-state index is 13.8. The minimum Gasteiger partial charge on any atom is -0.441 e. The number of nitrogens with zero attached hydrogens (tertiary/aromatic N) is 2. The molecular formula is C19H15F2N3O4. The van der Waals surface area contributed by atoms with Crippen molar-refractivity contribution < 1.29 is 22.9 Å². The van der Waals surface area contributed by atoms with Crippen LogP contribution in [0.15, 0.2) is 47.0 Å². The number of hydrogen-bond donors (Lipinski definition) is 1. The van der Waals surface area contributed by atoms with Gasteiger partial charge in [0.05, 0.1) is 27.9 Å². The van der Waals surface area contributed by atoms with Crippen molar-refractivity contribution in [2.24, 2.45) is 0 Å². The highest BCUT2D eigenvalue weighted by Crippen LogP contribution is 2.26. The van der Waals surface area contributed by atoms with Gasteiger partial charge in [-0.15, -0.1) is 0 Å². The van der Waals surface area contributed by atoms with E-state index in [0.29, 0.717) is 11.3 Å². The lowest BCUT2D eigenvalue weighted by molar-refractivity contribution is -0.385. The van der Waals surface area contributed by atoms with E-state index >= 15 is 0 Å². The molecule has 1 heterocycles. The van der Waals surface area contributed by atoms with E-state index < -0.39 is 16.6 Å². The van der Waals surface area contributed by atoms with Gasteiger partial charge in [0.1, 0.15) is 11.6 Å². The van der Waals surface area contributed by atoms with Gasteiger partial charge in [0, 0.05) is 25.0 Å². The monoisotopic (exact) mass is 387 g/mol. The van der Waals surface area contributed by atoms with Gasteiger partial charge >= 0.3 is 0 Å². The topological polar surface area (TPSA) is 98.3 Å². The van der Waals surface area contributed by atoms with Crippen molar-refractivity contribution in [3.63, 3.8) is 0 Å². The summed E-state index contributed by atoms with van der Waals surface area (Å²) >= 11 is 0. The number of oxazole rings is 1. The average molecular weight is 387 g/mol. The minimum atomic E-state index is -0.776. The van der Waals surface area contributed by atoms with Crippen LogP contribution in [0.25, 0.3) is 11.3 Å². The third-order valence-electron chi connectivity index (χ3n) is 4.09. The first kappa shape index (κ1) is 19.2. The highest BCUT2D eigenvalue weighted by molar-refractivity contribution is 5.92. The number of halogens is 2. The molecule has 9 heteroatoms. The van der Waals surface area contributed by atoms with Crippen molar-refractivity contribution in [2.45, 2.75) is 19.8 Å². The van der Waals surface area contributed by atoms with Gasteiger partial charge in [-0.2, -0.15) is 0 Å². The van der Waals surface area contributed by atoms with Crippen LogP contribution in [0.3, 0.4) is 0 Å². The molecule has 0 radical (unpaired) electrons. The van der Waals surface area contributed by atoms with Gasteiger partial charge in [0.15, 0.2) is 11.7 Å². The normalized spacial score (nSPS) is 10.7. The van der Waals surface area contributed by atoms with E-state index in [1.807, 2.05) is 0 Å². The second kappa shape index (κ2) is 7.95. The number of nitro benzene ring substituents is 1. The summed E-state index contributed by atoms with van der Waals surface area (Å²) in [5.74, 6) is -1.51. The van der Waals surface area contributed by atoms with Crippen LogP contribution >= 0.6 is 0 Å². The minimum absolute atomic E-state index is 0.00792. The number of nitro groups is 1. The maximum Gasteiger partial charge on any atom is 0.274 e. The molecule has 0 saturated carbocycles. The van der Waals surface area contributed by atoms with E-state index in [4.69, 9.17) is 4.42 Å². The van der Waals surface area contributed by atoms with Crippen LogP contribution in [0, 0.1) is 28.7 Å². The first-order valence-corrected chi connectivity index (χ1v) is 8.29. The van der Waals surface area contributed by atoms with Crippen molar-refractivity contribution in [1.29, 1.82) is 0 Å². The Morgan fingerprint density at radius 3 is 2.79 bits per heavy atom. The smallest absolute Gasteiger partial charge is 0.274 e. The van der Waals surface area contributed by atoms with Crippen LogP contribution in [-0.2, 0) is 11.2 Å². The number of rotatable bonds is 6. The summed E-state index contributed by atoms with van der Waals surface area (Å²) in [4.78, 5) is 26.6.